The van der Waals surface area contributed by atoms with E-state index in [2.05, 4.69) is 54.4 Å². The molecule has 0 aliphatic heterocycles. The van der Waals surface area contributed by atoms with Gasteiger partial charge in [-0.2, -0.15) is 0 Å². The number of para-hydroxylation sites is 2. The molecule has 3 rings (SSSR count). The third-order valence-corrected chi connectivity index (χ3v) is 3.01. The molecule has 0 amide bonds. The summed E-state index contributed by atoms with van der Waals surface area (Å²) in [7, 11) is 0. The van der Waals surface area contributed by atoms with Crippen LogP contribution in [0.5, 0.6) is 0 Å². The Balaban J connectivity index is 0.000000367. The van der Waals surface area contributed by atoms with Crippen LogP contribution in [0.2, 0.25) is 0 Å². The molecule has 18 heavy (non-hydrogen) atoms. The number of fused-ring (bicyclic) bond motifs is 3. The number of benzene rings is 2. The Morgan fingerprint density at radius 2 is 1.78 bits per heavy atom. The summed E-state index contributed by atoms with van der Waals surface area (Å²) in [5.74, 6) is 0. The van der Waals surface area contributed by atoms with Crippen molar-refractivity contribution in [1.29, 1.82) is 5.41 Å². The van der Waals surface area contributed by atoms with Crippen LogP contribution in [0.25, 0.3) is 21.8 Å². The SMILES string of the molecule is CCc1cccc2c1[nH]c1ccccc12.N=C=O. The van der Waals surface area contributed by atoms with Gasteiger partial charge in [0.25, 0.3) is 0 Å². The smallest absolute Gasteiger partial charge is 0.231 e. The third kappa shape index (κ3) is 2.04. The summed E-state index contributed by atoms with van der Waals surface area (Å²) in [5, 5.41) is 8.06. The van der Waals surface area contributed by atoms with E-state index in [0.29, 0.717) is 0 Å². The highest BCUT2D eigenvalue weighted by atomic mass is 16.1. The summed E-state index contributed by atoms with van der Waals surface area (Å²) < 4.78 is 0. The number of rotatable bonds is 1. The van der Waals surface area contributed by atoms with Gasteiger partial charge in [0.2, 0.25) is 6.08 Å². The lowest BCUT2D eigenvalue weighted by Gasteiger charge is -1.97. The summed E-state index contributed by atoms with van der Waals surface area (Å²) in [6, 6.07) is 15.0. The second-order valence-electron chi connectivity index (χ2n) is 3.97. The highest BCUT2D eigenvalue weighted by Crippen LogP contribution is 2.27. The minimum absolute atomic E-state index is 0.750. The first-order valence-electron chi connectivity index (χ1n) is 5.84. The van der Waals surface area contributed by atoms with Crippen molar-refractivity contribution in [3.05, 3.63) is 48.0 Å². The highest BCUT2D eigenvalue weighted by Gasteiger charge is 2.05. The van der Waals surface area contributed by atoms with Crippen LogP contribution in [0.1, 0.15) is 12.5 Å². The fraction of sp³-hybridized carbons (Fsp3) is 0.133. The Labute approximate surface area is 105 Å². The second kappa shape index (κ2) is 5.30. The normalized spacial score (nSPS) is 9.83. The molecule has 0 fully saturated rings. The standard InChI is InChI=1S/C14H13N.CHNO/c1-2-10-6-5-8-12-11-7-3-4-9-13(11)15-14(10)12;2-1-3/h3-9,15H,2H2,1H3;2H. The molecule has 3 nitrogen and oxygen atoms in total. The van der Waals surface area contributed by atoms with E-state index in [0.717, 1.165) is 12.5 Å². The van der Waals surface area contributed by atoms with Gasteiger partial charge in [-0.05, 0) is 18.1 Å². The summed E-state index contributed by atoms with van der Waals surface area (Å²) in [6.07, 6.45) is 1.82. The van der Waals surface area contributed by atoms with E-state index in [1.807, 2.05) is 0 Å². The van der Waals surface area contributed by atoms with E-state index in [1.165, 1.54) is 27.4 Å². The van der Waals surface area contributed by atoms with Crippen LogP contribution in [-0.4, -0.2) is 11.1 Å². The summed E-state index contributed by atoms with van der Waals surface area (Å²) in [6.45, 7) is 2.19. The topological polar surface area (TPSA) is 56.7 Å². The number of carbonyl (C=O) groups excluding carboxylic acids is 1. The molecule has 0 saturated heterocycles. The number of aromatic nitrogens is 1. The Hall–Kier alpha value is -2.38. The monoisotopic (exact) mass is 238 g/mol. The number of aromatic amines is 1. The zero-order valence-electron chi connectivity index (χ0n) is 10.2. The lowest BCUT2D eigenvalue weighted by Crippen LogP contribution is -1.80. The molecule has 0 atom stereocenters. The average molecular weight is 238 g/mol. The van der Waals surface area contributed by atoms with Crippen molar-refractivity contribution in [2.24, 2.45) is 0 Å². The number of hydrogen-bond acceptors (Lipinski definition) is 2. The van der Waals surface area contributed by atoms with E-state index in [-0.39, 0.29) is 0 Å². The zero-order chi connectivity index (χ0) is 13.0. The van der Waals surface area contributed by atoms with Crippen LogP contribution < -0.4 is 0 Å². The molecule has 1 heterocycles. The minimum Gasteiger partial charge on any atom is -0.354 e. The molecule has 0 unspecified atom stereocenters. The number of hydrogen-bond donors (Lipinski definition) is 2. The van der Waals surface area contributed by atoms with Gasteiger partial charge in [0.15, 0.2) is 0 Å². The van der Waals surface area contributed by atoms with Gasteiger partial charge >= 0.3 is 0 Å². The molecule has 2 N–H and O–H groups in total. The van der Waals surface area contributed by atoms with Gasteiger partial charge in [-0.3, -0.25) is 0 Å². The van der Waals surface area contributed by atoms with E-state index >= 15 is 0 Å². The number of nitrogens with one attached hydrogen (secondary N) is 2. The fourth-order valence-electron chi connectivity index (χ4n) is 2.23. The molecule has 0 aliphatic rings. The lowest BCUT2D eigenvalue weighted by atomic mass is 10.1. The van der Waals surface area contributed by atoms with Crippen LogP contribution >= 0.6 is 0 Å². The van der Waals surface area contributed by atoms with Gasteiger partial charge in [-0.1, -0.05) is 43.3 Å². The van der Waals surface area contributed by atoms with Gasteiger partial charge in [0.1, 0.15) is 0 Å². The number of isocyanates is 1. The Morgan fingerprint density at radius 1 is 1.11 bits per heavy atom. The summed E-state index contributed by atoms with van der Waals surface area (Å²) >= 11 is 0. The van der Waals surface area contributed by atoms with Crippen molar-refractivity contribution in [3.8, 4) is 0 Å². The minimum atomic E-state index is 0.750. The molecule has 3 aromatic rings. The predicted octanol–water partition coefficient (Wildman–Crippen LogP) is 3.78. The van der Waals surface area contributed by atoms with E-state index in [1.54, 1.807) is 0 Å². The zero-order valence-corrected chi connectivity index (χ0v) is 10.2. The van der Waals surface area contributed by atoms with E-state index in [4.69, 9.17) is 10.2 Å². The Kier molecular flexibility index (Phi) is 3.56. The third-order valence-electron chi connectivity index (χ3n) is 3.01. The maximum Gasteiger partial charge on any atom is 0.231 e. The van der Waals surface area contributed by atoms with Crippen LogP contribution in [-0.2, 0) is 11.2 Å². The molecule has 0 spiro atoms. The van der Waals surface area contributed by atoms with Gasteiger partial charge in [-0.25, -0.2) is 10.2 Å². The molecule has 2 aromatic carbocycles. The van der Waals surface area contributed by atoms with Crippen molar-refractivity contribution in [1.82, 2.24) is 4.98 Å². The largest absolute Gasteiger partial charge is 0.354 e. The summed E-state index contributed by atoms with van der Waals surface area (Å²) in [4.78, 5) is 11.8. The molecule has 0 aliphatic carbocycles. The van der Waals surface area contributed by atoms with Gasteiger partial charge < -0.3 is 4.98 Å². The number of aryl methyl sites for hydroxylation is 1. The molecule has 90 valence electrons. The first-order valence-corrected chi connectivity index (χ1v) is 5.84. The fourth-order valence-corrected chi connectivity index (χ4v) is 2.23. The molecular formula is C15H14N2O. The van der Waals surface area contributed by atoms with Gasteiger partial charge in [0.05, 0.1) is 0 Å². The highest BCUT2D eigenvalue weighted by molar-refractivity contribution is 6.08. The number of H-pyrrole nitrogens is 1. The van der Waals surface area contributed by atoms with Crippen LogP contribution in [0.3, 0.4) is 0 Å². The van der Waals surface area contributed by atoms with Crippen molar-refractivity contribution in [2.75, 3.05) is 0 Å². The van der Waals surface area contributed by atoms with Crippen molar-refractivity contribution in [3.63, 3.8) is 0 Å². The summed E-state index contributed by atoms with van der Waals surface area (Å²) in [5.41, 5.74) is 3.92. The van der Waals surface area contributed by atoms with Crippen LogP contribution in [0, 0.1) is 5.41 Å². The predicted molar refractivity (Wildman–Crippen MR) is 73.6 cm³/mol. The van der Waals surface area contributed by atoms with Crippen molar-refractivity contribution < 1.29 is 4.79 Å². The lowest BCUT2D eigenvalue weighted by molar-refractivity contribution is 0.563. The quantitative estimate of drug-likeness (QED) is 0.492. The maximum absolute atomic E-state index is 8.35. The molecular weight excluding hydrogens is 224 g/mol. The van der Waals surface area contributed by atoms with Crippen LogP contribution in [0.15, 0.2) is 42.5 Å². The first kappa shape index (κ1) is 12.1. The average Bonchev–Trinajstić information content (AvgIpc) is 2.78. The molecule has 3 heteroatoms. The van der Waals surface area contributed by atoms with E-state index in [9.17, 15) is 0 Å². The van der Waals surface area contributed by atoms with Gasteiger partial charge in [-0.15, -0.1) is 0 Å². The molecule has 0 radical (unpaired) electrons. The maximum atomic E-state index is 8.35. The molecule has 1 aromatic heterocycles. The van der Waals surface area contributed by atoms with E-state index < -0.39 is 0 Å². The van der Waals surface area contributed by atoms with Gasteiger partial charge in [0, 0.05) is 21.8 Å². The second-order valence-corrected chi connectivity index (χ2v) is 3.97. The first-order chi connectivity index (χ1) is 8.81. The molecule has 0 saturated carbocycles. The molecule has 0 bridgehead atoms. The van der Waals surface area contributed by atoms with Crippen molar-refractivity contribution >= 4 is 27.9 Å². The Bertz CT molecular complexity index is 707. The Morgan fingerprint density at radius 3 is 2.50 bits per heavy atom. The van der Waals surface area contributed by atoms with Crippen molar-refractivity contribution in [2.45, 2.75) is 13.3 Å². The van der Waals surface area contributed by atoms with Crippen LogP contribution in [0.4, 0.5) is 0 Å².